The Morgan fingerprint density at radius 3 is 2.75 bits per heavy atom. The number of halogens is 2. The summed E-state index contributed by atoms with van der Waals surface area (Å²) in [5.41, 5.74) is 6.22. The standard InChI is InChI=1S/C11H15BrClNOS/c1-15-11(3-2-4-11)6-8(14)9-5-7(12)10(13)16-9/h5,8H,2-4,6,14H2,1H3. The molecule has 2 rings (SSSR count). The summed E-state index contributed by atoms with van der Waals surface area (Å²) in [4.78, 5) is 1.13. The second-order valence-electron chi connectivity index (χ2n) is 4.32. The fourth-order valence-electron chi connectivity index (χ4n) is 2.11. The van der Waals surface area contributed by atoms with Crippen molar-refractivity contribution in [3.63, 3.8) is 0 Å². The van der Waals surface area contributed by atoms with Crippen LogP contribution >= 0.6 is 38.9 Å². The van der Waals surface area contributed by atoms with E-state index in [9.17, 15) is 0 Å². The Morgan fingerprint density at radius 2 is 2.38 bits per heavy atom. The van der Waals surface area contributed by atoms with E-state index in [1.54, 1.807) is 18.4 Å². The molecule has 90 valence electrons. The van der Waals surface area contributed by atoms with Gasteiger partial charge in [0.2, 0.25) is 0 Å². The zero-order valence-electron chi connectivity index (χ0n) is 9.13. The fourth-order valence-corrected chi connectivity index (χ4v) is 3.85. The number of hydrogen-bond donors (Lipinski definition) is 1. The third-order valence-corrected chi connectivity index (χ3v) is 5.93. The molecule has 1 heterocycles. The van der Waals surface area contributed by atoms with Gasteiger partial charge in [-0.2, -0.15) is 0 Å². The van der Waals surface area contributed by atoms with Crippen molar-refractivity contribution in [1.29, 1.82) is 0 Å². The number of nitrogens with two attached hydrogens (primary N) is 1. The van der Waals surface area contributed by atoms with Crippen LogP contribution in [-0.4, -0.2) is 12.7 Å². The summed E-state index contributed by atoms with van der Waals surface area (Å²) in [6.07, 6.45) is 4.37. The van der Waals surface area contributed by atoms with Gasteiger partial charge in [-0.25, -0.2) is 0 Å². The number of thiophene rings is 1. The molecule has 1 unspecified atom stereocenters. The highest BCUT2D eigenvalue weighted by molar-refractivity contribution is 9.10. The first-order valence-corrected chi connectivity index (χ1v) is 7.30. The van der Waals surface area contributed by atoms with Gasteiger partial charge in [-0.05, 0) is 47.7 Å². The molecule has 1 aromatic rings. The zero-order valence-corrected chi connectivity index (χ0v) is 12.3. The normalized spacial score (nSPS) is 20.5. The first-order valence-electron chi connectivity index (χ1n) is 5.32. The van der Waals surface area contributed by atoms with Gasteiger partial charge in [-0.1, -0.05) is 11.6 Å². The zero-order chi connectivity index (χ0) is 11.8. The summed E-state index contributed by atoms with van der Waals surface area (Å²) in [6, 6.07) is 2.04. The predicted octanol–water partition coefficient (Wildman–Crippen LogP) is 4.12. The molecular formula is C11H15BrClNOS. The minimum absolute atomic E-state index is 0.0162. The van der Waals surface area contributed by atoms with Gasteiger partial charge in [0.15, 0.2) is 0 Å². The monoisotopic (exact) mass is 323 g/mol. The molecule has 1 aliphatic carbocycles. The van der Waals surface area contributed by atoms with Gasteiger partial charge in [-0.3, -0.25) is 0 Å². The van der Waals surface area contributed by atoms with Crippen LogP contribution in [0, 0.1) is 0 Å². The first-order chi connectivity index (χ1) is 7.56. The summed E-state index contributed by atoms with van der Waals surface area (Å²) in [5.74, 6) is 0. The molecule has 1 fully saturated rings. The van der Waals surface area contributed by atoms with E-state index in [1.165, 1.54) is 6.42 Å². The lowest BCUT2D eigenvalue weighted by Crippen LogP contribution is -2.41. The smallest absolute Gasteiger partial charge is 0.107 e. The third kappa shape index (κ3) is 2.46. The van der Waals surface area contributed by atoms with Gasteiger partial charge in [-0.15, -0.1) is 11.3 Å². The molecule has 2 N–H and O–H groups in total. The molecular weight excluding hydrogens is 310 g/mol. The van der Waals surface area contributed by atoms with Crippen LogP contribution in [0.15, 0.2) is 10.5 Å². The predicted molar refractivity (Wildman–Crippen MR) is 72.2 cm³/mol. The lowest BCUT2D eigenvalue weighted by molar-refractivity contribution is -0.0815. The number of methoxy groups -OCH3 is 1. The van der Waals surface area contributed by atoms with E-state index in [0.29, 0.717) is 0 Å². The van der Waals surface area contributed by atoms with Crippen molar-refractivity contribution in [3.8, 4) is 0 Å². The van der Waals surface area contributed by atoms with Crippen LogP contribution in [0.2, 0.25) is 4.34 Å². The second kappa shape index (κ2) is 4.94. The van der Waals surface area contributed by atoms with E-state index < -0.39 is 0 Å². The summed E-state index contributed by atoms with van der Waals surface area (Å²) < 4.78 is 7.29. The maximum absolute atomic E-state index is 6.20. The van der Waals surface area contributed by atoms with Gasteiger partial charge in [0.25, 0.3) is 0 Å². The number of rotatable bonds is 4. The SMILES string of the molecule is COC1(CC(N)c2cc(Br)c(Cl)s2)CCC1. The molecule has 0 amide bonds. The van der Waals surface area contributed by atoms with Gasteiger partial charge >= 0.3 is 0 Å². The maximum atomic E-state index is 6.20. The van der Waals surface area contributed by atoms with Crippen molar-refractivity contribution in [2.75, 3.05) is 7.11 Å². The Kier molecular flexibility index (Phi) is 3.97. The van der Waals surface area contributed by atoms with Crippen molar-refractivity contribution in [1.82, 2.24) is 0 Å². The van der Waals surface area contributed by atoms with Crippen molar-refractivity contribution < 1.29 is 4.74 Å². The van der Waals surface area contributed by atoms with Gasteiger partial charge in [0, 0.05) is 22.5 Å². The Hall–Kier alpha value is 0.390. The molecule has 0 saturated heterocycles. The molecule has 0 spiro atoms. The lowest BCUT2D eigenvalue weighted by atomic mass is 9.75. The molecule has 1 aliphatic rings. The fraction of sp³-hybridized carbons (Fsp3) is 0.636. The number of ether oxygens (including phenoxy) is 1. The van der Waals surface area contributed by atoms with Crippen LogP contribution in [0.25, 0.3) is 0 Å². The molecule has 0 aliphatic heterocycles. The van der Waals surface area contributed by atoms with E-state index in [0.717, 1.165) is 32.9 Å². The minimum Gasteiger partial charge on any atom is -0.378 e. The average Bonchev–Trinajstić information content (AvgIpc) is 2.53. The van der Waals surface area contributed by atoms with Crippen molar-refractivity contribution in [2.45, 2.75) is 37.3 Å². The van der Waals surface area contributed by atoms with E-state index in [4.69, 9.17) is 22.1 Å². The number of hydrogen-bond acceptors (Lipinski definition) is 3. The Morgan fingerprint density at radius 1 is 1.69 bits per heavy atom. The molecule has 1 aromatic heterocycles. The van der Waals surface area contributed by atoms with Crippen molar-refractivity contribution in [2.24, 2.45) is 5.73 Å². The van der Waals surface area contributed by atoms with Gasteiger partial charge in [0.1, 0.15) is 4.34 Å². The second-order valence-corrected chi connectivity index (χ2v) is 6.86. The molecule has 2 nitrogen and oxygen atoms in total. The van der Waals surface area contributed by atoms with E-state index in [-0.39, 0.29) is 11.6 Å². The van der Waals surface area contributed by atoms with E-state index in [1.807, 2.05) is 6.07 Å². The summed E-state index contributed by atoms with van der Waals surface area (Å²) in [7, 11) is 1.78. The molecule has 0 aromatic carbocycles. The van der Waals surface area contributed by atoms with Crippen LogP contribution in [0.4, 0.5) is 0 Å². The molecule has 0 bridgehead atoms. The van der Waals surface area contributed by atoms with Crippen LogP contribution in [0.1, 0.15) is 36.6 Å². The summed E-state index contributed by atoms with van der Waals surface area (Å²) >= 11 is 11.0. The Labute approximate surface area is 113 Å². The Bertz CT molecular complexity index is 353. The van der Waals surface area contributed by atoms with Gasteiger partial charge < -0.3 is 10.5 Å². The highest BCUT2D eigenvalue weighted by Crippen LogP contribution is 2.43. The summed E-state index contributed by atoms with van der Waals surface area (Å²) in [6.45, 7) is 0. The Balaban J connectivity index is 2.05. The van der Waals surface area contributed by atoms with Crippen LogP contribution in [-0.2, 0) is 4.74 Å². The largest absolute Gasteiger partial charge is 0.378 e. The quantitative estimate of drug-likeness (QED) is 0.904. The summed E-state index contributed by atoms with van der Waals surface area (Å²) in [5, 5.41) is 0. The molecule has 1 atom stereocenters. The molecule has 1 saturated carbocycles. The molecule has 5 heteroatoms. The van der Waals surface area contributed by atoms with Gasteiger partial charge in [0.05, 0.1) is 5.60 Å². The molecule has 16 heavy (non-hydrogen) atoms. The minimum atomic E-state index is 0.0162. The van der Waals surface area contributed by atoms with E-state index in [2.05, 4.69) is 15.9 Å². The van der Waals surface area contributed by atoms with Crippen molar-refractivity contribution in [3.05, 3.63) is 19.8 Å². The first kappa shape index (κ1) is 12.8. The topological polar surface area (TPSA) is 35.2 Å². The highest BCUT2D eigenvalue weighted by Gasteiger charge is 2.38. The lowest BCUT2D eigenvalue weighted by Gasteiger charge is -2.42. The van der Waals surface area contributed by atoms with Crippen LogP contribution < -0.4 is 5.73 Å². The third-order valence-electron chi connectivity index (χ3n) is 3.32. The average molecular weight is 325 g/mol. The van der Waals surface area contributed by atoms with Crippen LogP contribution in [0.3, 0.4) is 0 Å². The maximum Gasteiger partial charge on any atom is 0.107 e. The van der Waals surface area contributed by atoms with E-state index >= 15 is 0 Å². The van der Waals surface area contributed by atoms with Crippen molar-refractivity contribution >= 4 is 38.9 Å². The molecule has 0 radical (unpaired) electrons. The van der Waals surface area contributed by atoms with Crippen LogP contribution in [0.5, 0.6) is 0 Å². The highest BCUT2D eigenvalue weighted by atomic mass is 79.9.